The van der Waals surface area contributed by atoms with Gasteiger partial charge in [0.25, 0.3) is 0 Å². The second kappa shape index (κ2) is 8.77. The lowest BCUT2D eigenvalue weighted by atomic mass is 9.78. The molecule has 6 nitrogen and oxygen atoms in total. The number of hydrogen-bond donors (Lipinski definition) is 3. The topological polar surface area (TPSA) is 111 Å². The van der Waals surface area contributed by atoms with Gasteiger partial charge >= 0.3 is 0 Å². The Morgan fingerprint density at radius 2 is 1.89 bits per heavy atom. The van der Waals surface area contributed by atoms with Gasteiger partial charge in [-0.2, -0.15) is 0 Å². The van der Waals surface area contributed by atoms with Gasteiger partial charge in [0.05, 0.1) is 11.4 Å². The van der Waals surface area contributed by atoms with Crippen LogP contribution in [-0.4, -0.2) is 30.5 Å². The largest absolute Gasteiger partial charge is 0.397 e. The molecule has 144 valence electrons. The van der Waals surface area contributed by atoms with E-state index in [9.17, 15) is 9.59 Å². The van der Waals surface area contributed by atoms with Gasteiger partial charge < -0.3 is 16.8 Å². The highest BCUT2D eigenvalue weighted by Crippen LogP contribution is 2.32. The van der Waals surface area contributed by atoms with Crippen molar-refractivity contribution in [2.24, 2.45) is 16.1 Å². The van der Waals surface area contributed by atoms with Crippen LogP contribution in [0.4, 0.5) is 11.4 Å². The lowest BCUT2D eigenvalue weighted by molar-refractivity contribution is -0.121. The van der Waals surface area contributed by atoms with Crippen LogP contribution < -0.4 is 16.8 Å². The number of anilines is 1. The van der Waals surface area contributed by atoms with E-state index < -0.39 is 0 Å². The third-order valence-electron chi connectivity index (χ3n) is 4.22. The molecule has 0 bridgehead atoms. The van der Waals surface area contributed by atoms with Crippen LogP contribution in [-0.2, 0) is 9.59 Å². The number of amides is 1. The standard InChI is InChI=1S/C21H28N4O2/c1-21(2,3)15-12-14(8-9-19(26)24-11-10-22)13-18(20(15)27)25-17-7-5-4-6-16(17)23/h4-7,12-13H,8-11,22-23H2,1-3H3,(H,24,26). The first kappa shape index (κ1) is 20.6. The summed E-state index contributed by atoms with van der Waals surface area (Å²) in [5.41, 5.74) is 14.0. The summed E-state index contributed by atoms with van der Waals surface area (Å²) in [6, 6.07) is 7.18. The number of aliphatic imine (C=N–C) groups is 1. The van der Waals surface area contributed by atoms with E-state index in [0.29, 0.717) is 48.6 Å². The fraction of sp³-hybridized carbons (Fsp3) is 0.381. The molecule has 1 aliphatic rings. The molecule has 0 radical (unpaired) electrons. The molecular formula is C21H28N4O2. The number of carbonyl (C=O) groups is 2. The molecule has 1 aliphatic carbocycles. The van der Waals surface area contributed by atoms with Crippen molar-refractivity contribution in [3.8, 4) is 0 Å². The molecule has 1 amide bonds. The predicted octanol–water partition coefficient (Wildman–Crippen LogP) is 2.68. The minimum absolute atomic E-state index is 0.0604. The average molecular weight is 368 g/mol. The first-order valence-corrected chi connectivity index (χ1v) is 9.10. The lowest BCUT2D eigenvalue weighted by Crippen LogP contribution is -2.29. The van der Waals surface area contributed by atoms with Gasteiger partial charge in [0, 0.05) is 25.1 Å². The van der Waals surface area contributed by atoms with E-state index in [1.165, 1.54) is 0 Å². The van der Waals surface area contributed by atoms with Crippen LogP contribution in [0.25, 0.3) is 0 Å². The fourth-order valence-electron chi connectivity index (χ4n) is 2.73. The predicted molar refractivity (Wildman–Crippen MR) is 110 cm³/mol. The first-order chi connectivity index (χ1) is 12.7. The van der Waals surface area contributed by atoms with E-state index in [1.807, 2.05) is 39.0 Å². The third-order valence-corrected chi connectivity index (χ3v) is 4.22. The molecule has 0 saturated heterocycles. The van der Waals surface area contributed by atoms with E-state index in [0.717, 1.165) is 5.57 Å². The highest BCUT2D eigenvalue weighted by atomic mass is 16.1. The molecule has 0 heterocycles. The van der Waals surface area contributed by atoms with Gasteiger partial charge in [-0.15, -0.1) is 0 Å². The Morgan fingerprint density at radius 3 is 2.52 bits per heavy atom. The summed E-state index contributed by atoms with van der Waals surface area (Å²) >= 11 is 0. The Balaban J connectivity index is 2.32. The Kier molecular flexibility index (Phi) is 6.69. The number of hydrogen-bond acceptors (Lipinski definition) is 5. The molecule has 1 aromatic rings. The number of ketones is 1. The number of nitrogen functional groups attached to an aromatic ring is 1. The maximum Gasteiger partial charge on any atom is 0.220 e. The number of benzene rings is 1. The molecule has 2 rings (SSSR count). The molecular weight excluding hydrogens is 340 g/mol. The molecule has 0 saturated carbocycles. The van der Waals surface area contributed by atoms with E-state index in [2.05, 4.69) is 10.3 Å². The van der Waals surface area contributed by atoms with Gasteiger partial charge in [-0.05, 0) is 35.6 Å². The SMILES string of the molecule is CC(C)(C)C1=CC(CCC(=O)NCCN)=CC(=Nc2ccccc2N)C1=O. The van der Waals surface area contributed by atoms with Crippen molar-refractivity contribution < 1.29 is 9.59 Å². The van der Waals surface area contributed by atoms with Crippen molar-refractivity contribution in [2.75, 3.05) is 18.8 Å². The summed E-state index contributed by atoms with van der Waals surface area (Å²) in [7, 11) is 0. The van der Waals surface area contributed by atoms with Crippen molar-refractivity contribution in [1.82, 2.24) is 5.32 Å². The van der Waals surface area contributed by atoms with Gasteiger partial charge in [0.2, 0.25) is 11.7 Å². The zero-order valence-corrected chi connectivity index (χ0v) is 16.2. The van der Waals surface area contributed by atoms with Crippen LogP contribution in [0.15, 0.2) is 52.6 Å². The minimum atomic E-state index is -0.332. The van der Waals surface area contributed by atoms with E-state index >= 15 is 0 Å². The number of nitrogens with one attached hydrogen (secondary N) is 1. The number of Topliss-reactive ketones (excluding diaryl/α,β-unsaturated/α-hetero) is 1. The number of carbonyl (C=O) groups excluding carboxylic acids is 2. The monoisotopic (exact) mass is 368 g/mol. The van der Waals surface area contributed by atoms with Gasteiger partial charge in [-0.25, -0.2) is 4.99 Å². The van der Waals surface area contributed by atoms with Crippen molar-refractivity contribution >= 4 is 28.8 Å². The quantitative estimate of drug-likeness (QED) is 0.529. The highest BCUT2D eigenvalue weighted by molar-refractivity contribution is 6.51. The molecule has 5 N–H and O–H groups in total. The Hall–Kier alpha value is -2.73. The number of nitrogens with zero attached hydrogens (tertiary/aromatic N) is 1. The maximum absolute atomic E-state index is 12.9. The zero-order valence-electron chi connectivity index (χ0n) is 16.2. The first-order valence-electron chi connectivity index (χ1n) is 9.10. The molecule has 6 heteroatoms. The lowest BCUT2D eigenvalue weighted by Gasteiger charge is -2.25. The Morgan fingerprint density at radius 1 is 1.19 bits per heavy atom. The molecule has 0 atom stereocenters. The minimum Gasteiger partial charge on any atom is -0.397 e. The van der Waals surface area contributed by atoms with Gasteiger partial charge in [0.1, 0.15) is 5.71 Å². The van der Waals surface area contributed by atoms with Gasteiger partial charge in [0.15, 0.2) is 0 Å². The van der Waals surface area contributed by atoms with Gasteiger partial charge in [-0.1, -0.05) is 39.0 Å². The number of rotatable bonds is 6. The van der Waals surface area contributed by atoms with Gasteiger partial charge in [-0.3, -0.25) is 9.59 Å². The zero-order chi connectivity index (χ0) is 20.0. The van der Waals surface area contributed by atoms with Crippen LogP contribution in [0.3, 0.4) is 0 Å². The van der Waals surface area contributed by atoms with Crippen LogP contribution in [0.1, 0.15) is 33.6 Å². The molecule has 27 heavy (non-hydrogen) atoms. The van der Waals surface area contributed by atoms with E-state index in [1.54, 1.807) is 18.2 Å². The molecule has 0 aromatic heterocycles. The fourth-order valence-corrected chi connectivity index (χ4v) is 2.73. The van der Waals surface area contributed by atoms with Crippen LogP contribution in [0.2, 0.25) is 0 Å². The van der Waals surface area contributed by atoms with Crippen LogP contribution in [0, 0.1) is 5.41 Å². The Bertz CT molecular complexity index is 814. The molecule has 0 unspecified atom stereocenters. The molecule has 0 spiro atoms. The maximum atomic E-state index is 12.9. The van der Waals surface area contributed by atoms with Crippen LogP contribution in [0.5, 0.6) is 0 Å². The summed E-state index contributed by atoms with van der Waals surface area (Å²) in [6.45, 7) is 6.83. The normalized spacial score (nSPS) is 16.1. The summed E-state index contributed by atoms with van der Waals surface area (Å²) < 4.78 is 0. The second-order valence-corrected chi connectivity index (χ2v) is 7.55. The van der Waals surface area contributed by atoms with E-state index in [-0.39, 0.29) is 17.1 Å². The smallest absolute Gasteiger partial charge is 0.220 e. The average Bonchev–Trinajstić information content (AvgIpc) is 2.61. The molecule has 1 aromatic carbocycles. The second-order valence-electron chi connectivity index (χ2n) is 7.55. The number of allylic oxidation sites excluding steroid dienone is 4. The van der Waals surface area contributed by atoms with E-state index in [4.69, 9.17) is 11.5 Å². The number of para-hydroxylation sites is 2. The summed E-state index contributed by atoms with van der Waals surface area (Å²) in [4.78, 5) is 29.3. The molecule has 0 aliphatic heterocycles. The van der Waals surface area contributed by atoms with Crippen molar-refractivity contribution in [1.29, 1.82) is 0 Å². The summed E-state index contributed by atoms with van der Waals surface area (Å²) in [5.74, 6) is -0.170. The molecule has 0 fully saturated rings. The summed E-state index contributed by atoms with van der Waals surface area (Å²) in [6.07, 6.45) is 4.48. The summed E-state index contributed by atoms with van der Waals surface area (Å²) in [5, 5.41) is 2.76. The Labute approximate surface area is 160 Å². The van der Waals surface area contributed by atoms with Crippen molar-refractivity contribution in [3.05, 3.63) is 47.6 Å². The highest BCUT2D eigenvalue weighted by Gasteiger charge is 2.29. The van der Waals surface area contributed by atoms with Crippen molar-refractivity contribution in [2.45, 2.75) is 33.6 Å². The van der Waals surface area contributed by atoms with Crippen LogP contribution >= 0.6 is 0 Å². The van der Waals surface area contributed by atoms with Crippen molar-refractivity contribution in [3.63, 3.8) is 0 Å². The number of nitrogens with two attached hydrogens (primary N) is 2. The third kappa shape index (κ3) is 5.62.